The molecular weight excluding hydrogens is 242 g/mol. The lowest BCUT2D eigenvalue weighted by atomic mass is 10.1. The highest BCUT2D eigenvalue weighted by atomic mass is 32.2. The Morgan fingerprint density at radius 1 is 1.19 bits per heavy atom. The lowest BCUT2D eigenvalue weighted by Gasteiger charge is -2.07. The highest BCUT2D eigenvalue weighted by Gasteiger charge is 2.05. The molecule has 3 N–H and O–H groups in total. The molecule has 2 rings (SSSR count). The van der Waals surface area contributed by atoms with Crippen molar-refractivity contribution in [2.24, 2.45) is 0 Å². The first-order valence-corrected chi connectivity index (χ1v) is 6.12. The third kappa shape index (κ3) is 2.12. The van der Waals surface area contributed by atoms with Crippen LogP contribution in [0.1, 0.15) is 0 Å². The Kier molecular flexibility index (Phi) is 3.60. The van der Waals surface area contributed by atoms with Crippen molar-refractivity contribution in [3.8, 4) is 0 Å². The summed E-state index contributed by atoms with van der Waals surface area (Å²) in [6, 6.07) is 9.44. The highest BCUT2D eigenvalue weighted by Crippen LogP contribution is 2.33. The molecule has 2 aromatic carbocycles. The molecule has 0 aliphatic heterocycles. The van der Waals surface area contributed by atoms with Crippen LogP contribution >= 0.6 is 24.1 Å². The van der Waals surface area contributed by atoms with Gasteiger partial charge in [-0.05, 0) is 29.7 Å². The van der Waals surface area contributed by atoms with Crippen molar-refractivity contribution in [3.05, 3.63) is 30.3 Å². The molecule has 0 radical (unpaired) electrons. The lowest BCUT2D eigenvalue weighted by Crippen LogP contribution is -1.88. The predicted octanol–water partition coefficient (Wildman–Crippen LogP) is 3.64. The number of nitrogen functional groups attached to an aromatic ring is 1. The normalized spacial score (nSPS) is 10.9. The zero-order valence-corrected chi connectivity index (χ0v) is 10.3. The van der Waals surface area contributed by atoms with Gasteiger partial charge in [0.1, 0.15) is 0 Å². The second-order valence-corrected chi connectivity index (χ2v) is 4.80. The van der Waals surface area contributed by atoms with E-state index in [-0.39, 0.29) is 0 Å². The summed E-state index contributed by atoms with van der Waals surface area (Å²) in [4.78, 5) is 1.79. The molecule has 0 atom stereocenters. The molecule has 0 saturated heterocycles. The molecule has 0 spiro atoms. The van der Waals surface area contributed by atoms with Crippen LogP contribution in [0, 0.1) is 0 Å². The van der Waals surface area contributed by atoms with Crippen LogP contribution < -0.4 is 5.73 Å². The fraction of sp³-hybridized carbons (Fsp3) is 0.0909. The first kappa shape index (κ1) is 11.6. The average molecular weight is 253 g/mol. The van der Waals surface area contributed by atoms with Crippen LogP contribution in [0.4, 0.5) is 5.69 Å². The van der Waals surface area contributed by atoms with E-state index < -0.39 is 0 Å². The second kappa shape index (κ2) is 4.97. The van der Waals surface area contributed by atoms with Crippen LogP contribution in [0.3, 0.4) is 0 Å². The van der Waals surface area contributed by atoms with E-state index >= 15 is 0 Å². The summed E-state index contributed by atoms with van der Waals surface area (Å²) in [5.41, 5.74) is 6.60. The van der Waals surface area contributed by atoms with Gasteiger partial charge in [-0.1, -0.05) is 6.07 Å². The predicted molar refractivity (Wildman–Crippen MR) is 69.7 cm³/mol. The van der Waals surface area contributed by atoms with E-state index in [4.69, 9.17) is 14.5 Å². The maximum Gasteiger partial charge on any atom is 0.0508 e. The van der Waals surface area contributed by atoms with Gasteiger partial charge < -0.3 is 14.5 Å². The number of hydrogen-bond donors (Lipinski definition) is 2. The van der Waals surface area contributed by atoms with Crippen molar-refractivity contribution in [2.45, 2.75) is 9.79 Å². The third-order valence-corrected chi connectivity index (χ3v) is 3.43. The molecule has 0 amide bonds. The first-order chi connectivity index (χ1) is 7.76. The number of hydrogen-bond acceptors (Lipinski definition) is 5. The van der Waals surface area contributed by atoms with E-state index in [2.05, 4.69) is 0 Å². The molecule has 0 aliphatic rings. The van der Waals surface area contributed by atoms with Crippen molar-refractivity contribution in [1.82, 2.24) is 0 Å². The van der Waals surface area contributed by atoms with Crippen molar-refractivity contribution in [1.29, 1.82) is 0 Å². The molecule has 16 heavy (non-hydrogen) atoms. The minimum absolute atomic E-state index is 0.700. The molecule has 0 bridgehead atoms. The summed E-state index contributed by atoms with van der Waals surface area (Å²) in [7, 11) is 1.62. The average Bonchev–Trinajstić information content (AvgIpc) is 2.31. The van der Waals surface area contributed by atoms with Crippen molar-refractivity contribution in [3.63, 3.8) is 0 Å². The largest absolute Gasteiger partial charge is 0.398 e. The Hall–Kier alpha value is -0.880. The number of benzene rings is 2. The van der Waals surface area contributed by atoms with Gasteiger partial charge in [0.25, 0.3) is 0 Å². The third-order valence-electron chi connectivity index (χ3n) is 2.26. The summed E-state index contributed by atoms with van der Waals surface area (Å²) in [5, 5.41) is 1.88. The fourth-order valence-corrected chi connectivity index (χ4v) is 2.44. The summed E-state index contributed by atoms with van der Waals surface area (Å²) >= 11 is 2.02. The molecule has 5 heteroatoms. The molecule has 0 aromatic heterocycles. The Morgan fingerprint density at radius 3 is 2.69 bits per heavy atom. The molecule has 2 aromatic rings. The van der Waals surface area contributed by atoms with Gasteiger partial charge in [0.15, 0.2) is 0 Å². The van der Waals surface area contributed by atoms with Crippen LogP contribution in [0.2, 0.25) is 0 Å². The van der Waals surface area contributed by atoms with Gasteiger partial charge in [-0.2, -0.15) is 0 Å². The minimum Gasteiger partial charge on any atom is -0.398 e. The minimum atomic E-state index is 0.700. The first-order valence-electron chi connectivity index (χ1n) is 4.60. The summed E-state index contributed by atoms with van der Waals surface area (Å²) in [5.74, 6) is 0. The highest BCUT2D eigenvalue weighted by molar-refractivity contribution is 7.94. The van der Waals surface area contributed by atoms with Gasteiger partial charge in [0.2, 0.25) is 0 Å². The number of rotatable bonds is 3. The van der Waals surface area contributed by atoms with Crippen LogP contribution in [0.5, 0.6) is 0 Å². The molecule has 0 heterocycles. The van der Waals surface area contributed by atoms with E-state index in [1.165, 1.54) is 12.0 Å². The van der Waals surface area contributed by atoms with Crippen LogP contribution in [0.25, 0.3) is 10.8 Å². The number of fused-ring (bicyclic) bond motifs is 1. The standard InChI is InChI=1S/C11H11NO2S2/c1-14-16-7-2-3-8-9(6-7)10(12)4-5-11(8)15-13/h2-6,13H,12H2,1H3. The quantitative estimate of drug-likeness (QED) is 0.646. The molecule has 0 fully saturated rings. The summed E-state index contributed by atoms with van der Waals surface area (Å²) in [6.45, 7) is 0. The fourth-order valence-electron chi connectivity index (χ4n) is 1.55. The molecular formula is C11H11NO2S2. The summed E-state index contributed by atoms with van der Waals surface area (Å²) in [6.07, 6.45) is 0. The Balaban J connectivity index is 2.63. The Morgan fingerprint density at radius 2 is 2.00 bits per heavy atom. The molecule has 84 valence electrons. The monoisotopic (exact) mass is 253 g/mol. The van der Waals surface area contributed by atoms with Gasteiger partial charge in [0.05, 0.1) is 7.11 Å². The smallest absolute Gasteiger partial charge is 0.0508 e. The zero-order valence-electron chi connectivity index (χ0n) is 8.64. The molecule has 0 unspecified atom stereocenters. The van der Waals surface area contributed by atoms with Gasteiger partial charge in [-0.15, -0.1) is 0 Å². The molecule has 0 saturated carbocycles. The lowest BCUT2D eigenvalue weighted by molar-refractivity contribution is 0.490. The van der Waals surface area contributed by atoms with Gasteiger partial charge in [0, 0.05) is 45.0 Å². The SMILES string of the molecule is COSc1ccc2c(SO)ccc(N)c2c1. The Bertz CT molecular complexity index is 517. The molecule has 0 aliphatic carbocycles. The van der Waals surface area contributed by atoms with E-state index in [9.17, 15) is 0 Å². The van der Waals surface area contributed by atoms with E-state index in [1.807, 2.05) is 24.3 Å². The van der Waals surface area contributed by atoms with E-state index in [0.717, 1.165) is 32.6 Å². The Labute approximate surface area is 102 Å². The van der Waals surface area contributed by atoms with Crippen LogP contribution in [-0.2, 0) is 4.18 Å². The van der Waals surface area contributed by atoms with Crippen molar-refractivity contribution >= 4 is 40.5 Å². The van der Waals surface area contributed by atoms with Crippen molar-refractivity contribution < 1.29 is 8.74 Å². The van der Waals surface area contributed by atoms with Crippen LogP contribution in [0.15, 0.2) is 40.1 Å². The summed E-state index contributed by atoms with van der Waals surface area (Å²) < 4.78 is 14.1. The van der Waals surface area contributed by atoms with Crippen molar-refractivity contribution in [2.75, 3.05) is 12.8 Å². The molecule has 3 nitrogen and oxygen atoms in total. The van der Waals surface area contributed by atoms with Gasteiger partial charge in [-0.25, -0.2) is 0 Å². The number of anilines is 1. The maximum absolute atomic E-state index is 9.15. The zero-order chi connectivity index (χ0) is 11.5. The van der Waals surface area contributed by atoms with E-state index in [0.29, 0.717) is 5.69 Å². The topological polar surface area (TPSA) is 55.5 Å². The van der Waals surface area contributed by atoms with Gasteiger partial charge >= 0.3 is 0 Å². The maximum atomic E-state index is 9.15. The second-order valence-electron chi connectivity index (χ2n) is 3.20. The van der Waals surface area contributed by atoms with Gasteiger partial charge in [-0.3, -0.25) is 0 Å². The van der Waals surface area contributed by atoms with Crippen LogP contribution in [-0.4, -0.2) is 11.7 Å². The van der Waals surface area contributed by atoms with E-state index in [1.54, 1.807) is 13.2 Å². The number of nitrogens with two attached hydrogens (primary N) is 1.